The lowest BCUT2D eigenvalue weighted by Crippen LogP contribution is -2.08. The van der Waals surface area contributed by atoms with Crippen LogP contribution < -0.4 is 4.74 Å². The number of ether oxygens (including phenoxy) is 2. The Hall–Kier alpha value is -1.82. The predicted octanol–water partition coefficient (Wildman–Crippen LogP) is 2.43. The third kappa shape index (κ3) is 2.85. The number of carbonyl (C=O) groups excluding carboxylic acids is 1. The van der Waals surface area contributed by atoms with Crippen LogP contribution in [0, 0.1) is 10.1 Å². The van der Waals surface area contributed by atoms with Crippen LogP contribution in [0.4, 0.5) is 5.69 Å². The minimum Gasteiger partial charge on any atom is -0.490 e. The van der Waals surface area contributed by atoms with Crippen LogP contribution in [0.1, 0.15) is 17.3 Å². The van der Waals surface area contributed by atoms with Gasteiger partial charge in [-0.3, -0.25) is 10.1 Å². The van der Waals surface area contributed by atoms with Gasteiger partial charge in [-0.2, -0.15) is 0 Å². The van der Waals surface area contributed by atoms with E-state index in [9.17, 15) is 14.9 Å². The van der Waals surface area contributed by atoms with Crippen molar-refractivity contribution in [2.24, 2.45) is 0 Å². The Labute approximate surface area is 102 Å². The minimum atomic E-state index is -0.713. The Morgan fingerprint density at radius 1 is 1.53 bits per heavy atom. The largest absolute Gasteiger partial charge is 0.490 e. The number of nitro benzene ring substituents is 1. The van der Waals surface area contributed by atoms with Gasteiger partial charge >= 0.3 is 11.7 Å². The van der Waals surface area contributed by atoms with E-state index in [0.717, 1.165) is 6.07 Å². The molecule has 7 heteroatoms. The van der Waals surface area contributed by atoms with Gasteiger partial charge in [0.1, 0.15) is 5.56 Å². The zero-order chi connectivity index (χ0) is 13.0. The van der Waals surface area contributed by atoms with Gasteiger partial charge in [0, 0.05) is 11.1 Å². The first-order valence-electron chi connectivity index (χ1n) is 4.70. The maximum Gasteiger partial charge on any atom is 0.342 e. The molecule has 0 fully saturated rings. The number of benzene rings is 1. The van der Waals surface area contributed by atoms with Crippen LogP contribution in [0.3, 0.4) is 0 Å². The molecule has 0 spiro atoms. The van der Waals surface area contributed by atoms with E-state index in [1.54, 1.807) is 6.92 Å². The van der Waals surface area contributed by atoms with Gasteiger partial charge in [-0.25, -0.2) is 4.79 Å². The molecule has 0 heterocycles. The maximum absolute atomic E-state index is 11.6. The smallest absolute Gasteiger partial charge is 0.342 e. The highest BCUT2D eigenvalue weighted by Gasteiger charge is 2.25. The lowest BCUT2D eigenvalue weighted by Gasteiger charge is -2.08. The van der Waals surface area contributed by atoms with Crippen LogP contribution in [0.15, 0.2) is 12.1 Å². The van der Waals surface area contributed by atoms with Gasteiger partial charge < -0.3 is 9.47 Å². The van der Waals surface area contributed by atoms with Gasteiger partial charge in [0.2, 0.25) is 5.75 Å². The molecule has 6 nitrogen and oxygen atoms in total. The fraction of sp³-hybridized carbons (Fsp3) is 0.300. The Morgan fingerprint density at radius 3 is 2.65 bits per heavy atom. The van der Waals surface area contributed by atoms with Crippen molar-refractivity contribution in [1.82, 2.24) is 0 Å². The fourth-order valence-electron chi connectivity index (χ4n) is 1.29. The number of nitrogens with zero attached hydrogens (tertiary/aromatic N) is 1. The lowest BCUT2D eigenvalue weighted by atomic mass is 10.1. The van der Waals surface area contributed by atoms with E-state index in [4.69, 9.17) is 21.1 Å². The summed E-state index contributed by atoms with van der Waals surface area (Å²) >= 11 is 5.70. The van der Waals surface area contributed by atoms with E-state index >= 15 is 0 Å². The maximum atomic E-state index is 11.6. The number of hydrogen-bond acceptors (Lipinski definition) is 5. The summed E-state index contributed by atoms with van der Waals surface area (Å²) in [5.74, 6) is -0.868. The highest BCUT2D eigenvalue weighted by Crippen LogP contribution is 2.34. The molecule has 0 radical (unpaired) electrons. The van der Waals surface area contributed by atoms with Crippen molar-refractivity contribution in [2.75, 3.05) is 13.7 Å². The second kappa shape index (κ2) is 5.49. The van der Waals surface area contributed by atoms with Crippen molar-refractivity contribution in [1.29, 1.82) is 0 Å². The van der Waals surface area contributed by atoms with Crippen LogP contribution >= 0.6 is 11.6 Å². The van der Waals surface area contributed by atoms with Crippen molar-refractivity contribution >= 4 is 23.3 Å². The average Bonchev–Trinajstić information content (AvgIpc) is 2.28. The van der Waals surface area contributed by atoms with Crippen molar-refractivity contribution in [3.63, 3.8) is 0 Å². The molecule has 0 unspecified atom stereocenters. The van der Waals surface area contributed by atoms with Crippen LogP contribution in [0.25, 0.3) is 0 Å². The molecule has 0 aliphatic carbocycles. The van der Waals surface area contributed by atoms with Crippen molar-refractivity contribution in [3.8, 4) is 5.75 Å². The molecule has 1 aromatic carbocycles. The Balaban J connectivity index is 3.37. The van der Waals surface area contributed by atoms with Gasteiger partial charge in [0.25, 0.3) is 0 Å². The number of halogens is 1. The minimum absolute atomic E-state index is 0.0615. The van der Waals surface area contributed by atoms with Gasteiger partial charge in [0.05, 0.1) is 18.6 Å². The Kier molecular flexibility index (Phi) is 4.28. The number of esters is 1. The highest BCUT2D eigenvalue weighted by molar-refractivity contribution is 6.31. The second-order valence-electron chi connectivity index (χ2n) is 2.98. The van der Waals surface area contributed by atoms with E-state index < -0.39 is 10.9 Å². The first-order valence-corrected chi connectivity index (χ1v) is 5.08. The number of nitro groups is 1. The quantitative estimate of drug-likeness (QED) is 0.471. The SMILES string of the molecule is CCOC(=O)c1cc(Cl)cc([N+](=O)[O-])c1OC. The monoisotopic (exact) mass is 259 g/mol. The third-order valence-corrected chi connectivity index (χ3v) is 2.15. The average molecular weight is 260 g/mol. The van der Waals surface area contributed by atoms with E-state index in [0.29, 0.717) is 0 Å². The summed E-state index contributed by atoms with van der Waals surface area (Å²) in [7, 11) is 1.24. The molecular weight excluding hydrogens is 250 g/mol. The third-order valence-electron chi connectivity index (χ3n) is 1.93. The highest BCUT2D eigenvalue weighted by atomic mass is 35.5. The fourth-order valence-corrected chi connectivity index (χ4v) is 1.50. The Morgan fingerprint density at radius 2 is 2.18 bits per heavy atom. The Bertz CT molecular complexity index is 460. The van der Waals surface area contributed by atoms with Crippen molar-refractivity contribution in [2.45, 2.75) is 6.92 Å². The van der Waals surface area contributed by atoms with Crippen LogP contribution in [0.2, 0.25) is 5.02 Å². The van der Waals surface area contributed by atoms with E-state index in [1.807, 2.05) is 0 Å². The molecule has 0 amide bonds. The van der Waals surface area contributed by atoms with E-state index in [2.05, 4.69) is 0 Å². The molecule has 0 saturated heterocycles. The molecule has 1 aromatic rings. The molecule has 92 valence electrons. The molecule has 0 aromatic heterocycles. The van der Waals surface area contributed by atoms with Gasteiger partial charge in [0.15, 0.2) is 0 Å². The predicted molar refractivity (Wildman–Crippen MR) is 60.6 cm³/mol. The summed E-state index contributed by atoms with van der Waals surface area (Å²) in [5.41, 5.74) is -0.434. The summed E-state index contributed by atoms with van der Waals surface area (Å²) in [4.78, 5) is 21.7. The molecule has 0 aliphatic heterocycles. The number of carbonyl (C=O) groups is 1. The summed E-state index contributed by atoms with van der Waals surface area (Å²) in [5, 5.41) is 10.9. The number of rotatable bonds is 4. The van der Waals surface area contributed by atoms with E-state index in [1.165, 1.54) is 13.2 Å². The first kappa shape index (κ1) is 13.2. The van der Waals surface area contributed by atoms with Crippen LogP contribution in [-0.2, 0) is 4.74 Å². The van der Waals surface area contributed by atoms with Crippen molar-refractivity contribution < 1.29 is 19.2 Å². The normalized spacial score (nSPS) is 9.82. The number of hydrogen-bond donors (Lipinski definition) is 0. The van der Waals surface area contributed by atoms with E-state index in [-0.39, 0.29) is 28.6 Å². The van der Waals surface area contributed by atoms with Crippen LogP contribution in [-0.4, -0.2) is 24.6 Å². The molecular formula is C10H10ClNO5. The summed E-state index contributed by atoms with van der Waals surface area (Å²) in [6.07, 6.45) is 0. The summed E-state index contributed by atoms with van der Waals surface area (Å²) in [6.45, 7) is 1.78. The second-order valence-corrected chi connectivity index (χ2v) is 3.42. The first-order chi connectivity index (χ1) is 8.01. The lowest BCUT2D eigenvalue weighted by molar-refractivity contribution is -0.385. The number of methoxy groups -OCH3 is 1. The van der Waals surface area contributed by atoms with Crippen LogP contribution in [0.5, 0.6) is 5.75 Å². The molecule has 0 atom stereocenters. The zero-order valence-electron chi connectivity index (χ0n) is 9.23. The topological polar surface area (TPSA) is 78.7 Å². The summed E-state index contributed by atoms with van der Waals surface area (Å²) in [6, 6.07) is 2.38. The van der Waals surface area contributed by atoms with Gasteiger partial charge in [-0.1, -0.05) is 11.6 Å². The summed E-state index contributed by atoms with van der Waals surface area (Å²) < 4.78 is 9.62. The molecule has 0 saturated carbocycles. The van der Waals surface area contributed by atoms with Crippen molar-refractivity contribution in [3.05, 3.63) is 32.8 Å². The zero-order valence-corrected chi connectivity index (χ0v) is 9.98. The molecule has 17 heavy (non-hydrogen) atoms. The molecule has 1 rings (SSSR count). The molecule has 0 bridgehead atoms. The molecule has 0 aliphatic rings. The van der Waals surface area contributed by atoms with Gasteiger partial charge in [-0.05, 0) is 13.0 Å². The molecule has 0 N–H and O–H groups in total. The standard InChI is InChI=1S/C10H10ClNO5/c1-3-17-10(13)7-4-6(11)5-8(12(14)15)9(7)16-2/h4-5H,3H2,1-2H3. The van der Waals surface area contributed by atoms with Gasteiger partial charge in [-0.15, -0.1) is 0 Å².